The lowest BCUT2D eigenvalue weighted by Gasteiger charge is -2.34. The maximum Gasteiger partial charge on any atom is 0.242 e. The number of nitrogens with zero attached hydrogens (tertiary/aromatic N) is 1. The predicted molar refractivity (Wildman–Crippen MR) is 61.7 cm³/mol. The van der Waals surface area contributed by atoms with E-state index in [-0.39, 0.29) is 23.9 Å². The molecule has 0 spiro atoms. The minimum absolute atomic E-state index is 0.0302. The van der Waals surface area contributed by atoms with E-state index in [0.29, 0.717) is 32.4 Å². The largest absolute Gasteiger partial charge is 0.353 e. The molecule has 1 fully saturated rings. The first-order chi connectivity index (χ1) is 7.56. The fraction of sp³-hybridized carbons (Fsp3) is 0.818. The van der Waals surface area contributed by atoms with Gasteiger partial charge in [-0.2, -0.15) is 0 Å². The van der Waals surface area contributed by atoms with Crippen molar-refractivity contribution in [1.82, 2.24) is 10.2 Å². The van der Waals surface area contributed by atoms with Crippen molar-refractivity contribution in [2.24, 2.45) is 5.73 Å². The fourth-order valence-corrected chi connectivity index (χ4v) is 1.91. The van der Waals surface area contributed by atoms with E-state index in [1.165, 1.54) is 0 Å². The number of nitrogens with one attached hydrogen (secondary N) is 1. The van der Waals surface area contributed by atoms with Gasteiger partial charge < -0.3 is 16.0 Å². The lowest BCUT2D eigenvalue weighted by molar-refractivity contribution is -0.143. The number of amides is 2. The minimum Gasteiger partial charge on any atom is -0.353 e. The predicted octanol–water partition coefficient (Wildman–Crippen LogP) is -0.149. The van der Waals surface area contributed by atoms with Crippen LogP contribution in [-0.2, 0) is 9.59 Å². The van der Waals surface area contributed by atoms with Crippen LogP contribution in [-0.4, -0.2) is 41.9 Å². The van der Waals surface area contributed by atoms with Gasteiger partial charge in [0.2, 0.25) is 11.8 Å². The number of hydrogen-bond acceptors (Lipinski definition) is 3. The van der Waals surface area contributed by atoms with Crippen molar-refractivity contribution < 1.29 is 9.59 Å². The molecule has 1 aliphatic rings. The summed E-state index contributed by atoms with van der Waals surface area (Å²) in [5.74, 6) is 0.00176. The fourth-order valence-electron chi connectivity index (χ4n) is 1.91. The number of hydrogen-bond donors (Lipinski definition) is 2. The molecular weight excluding hydrogens is 206 g/mol. The highest BCUT2D eigenvalue weighted by atomic mass is 16.2. The maximum atomic E-state index is 11.9. The SMILES string of the molecule is CCC1C(=O)NCCN1C(=O)CCC(C)N. The Morgan fingerprint density at radius 1 is 1.69 bits per heavy atom. The Labute approximate surface area is 96.4 Å². The molecule has 1 heterocycles. The van der Waals surface area contributed by atoms with Crippen molar-refractivity contribution in [1.29, 1.82) is 0 Å². The number of carbonyl (C=O) groups excluding carboxylic acids is 2. The van der Waals surface area contributed by atoms with Gasteiger partial charge in [-0.3, -0.25) is 9.59 Å². The quantitative estimate of drug-likeness (QED) is 0.701. The zero-order valence-electron chi connectivity index (χ0n) is 10.0. The standard InChI is InChI=1S/C11H21N3O2/c1-3-9-11(16)13-6-7-14(9)10(15)5-4-8(2)12/h8-9H,3-7,12H2,1-2H3,(H,13,16). The van der Waals surface area contributed by atoms with Gasteiger partial charge in [-0.15, -0.1) is 0 Å². The monoisotopic (exact) mass is 227 g/mol. The smallest absolute Gasteiger partial charge is 0.242 e. The lowest BCUT2D eigenvalue weighted by Crippen LogP contribution is -2.56. The van der Waals surface area contributed by atoms with Crippen LogP contribution in [0.25, 0.3) is 0 Å². The molecular formula is C11H21N3O2. The molecule has 1 saturated heterocycles. The number of piperazine rings is 1. The third-order valence-electron chi connectivity index (χ3n) is 2.85. The first-order valence-electron chi connectivity index (χ1n) is 5.89. The highest BCUT2D eigenvalue weighted by molar-refractivity contribution is 5.88. The minimum atomic E-state index is -0.297. The van der Waals surface area contributed by atoms with Crippen LogP contribution in [0.2, 0.25) is 0 Å². The van der Waals surface area contributed by atoms with Gasteiger partial charge in [-0.25, -0.2) is 0 Å². The molecule has 92 valence electrons. The molecule has 0 bridgehead atoms. The Hall–Kier alpha value is -1.10. The van der Waals surface area contributed by atoms with Crippen LogP contribution in [0.5, 0.6) is 0 Å². The summed E-state index contributed by atoms with van der Waals surface area (Å²) in [6.07, 6.45) is 1.77. The molecule has 0 saturated carbocycles. The van der Waals surface area contributed by atoms with Gasteiger partial charge >= 0.3 is 0 Å². The van der Waals surface area contributed by atoms with E-state index in [2.05, 4.69) is 5.32 Å². The van der Waals surface area contributed by atoms with Gasteiger partial charge in [0, 0.05) is 25.6 Å². The van der Waals surface area contributed by atoms with Crippen LogP contribution in [0.15, 0.2) is 0 Å². The van der Waals surface area contributed by atoms with Crippen LogP contribution in [0, 0.1) is 0 Å². The summed E-state index contributed by atoms with van der Waals surface area (Å²) in [4.78, 5) is 25.1. The second-order valence-electron chi connectivity index (χ2n) is 4.32. The van der Waals surface area contributed by atoms with E-state index in [4.69, 9.17) is 5.73 Å². The zero-order valence-corrected chi connectivity index (χ0v) is 10.0. The number of nitrogens with two attached hydrogens (primary N) is 1. The van der Waals surface area contributed by atoms with E-state index >= 15 is 0 Å². The lowest BCUT2D eigenvalue weighted by atomic mass is 10.1. The molecule has 3 N–H and O–H groups in total. The summed E-state index contributed by atoms with van der Waals surface area (Å²) in [7, 11) is 0. The molecule has 0 aromatic rings. The molecule has 5 heteroatoms. The topological polar surface area (TPSA) is 75.4 Å². The second-order valence-corrected chi connectivity index (χ2v) is 4.32. The average Bonchev–Trinajstić information content (AvgIpc) is 2.25. The van der Waals surface area contributed by atoms with Crippen LogP contribution < -0.4 is 11.1 Å². The molecule has 1 rings (SSSR count). The van der Waals surface area contributed by atoms with Gasteiger partial charge in [0.05, 0.1) is 0 Å². The molecule has 2 unspecified atom stereocenters. The van der Waals surface area contributed by atoms with Gasteiger partial charge in [0.15, 0.2) is 0 Å². The third kappa shape index (κ3) is 3.20. The van der Waals surface area contributed by atoms with Gasteiger partial charge in [-0.1, -0.05) is 6.92 Å². The maximum absolute atomic E-state index is 11.9. The molecule has 2 amide bonds. The summed E-state index contributed by atoms with van der Waals surface area (Å²) in [6, 6.07) is -0.267. The van der Waals surface area contributed by atoms with Crippen molar-refractivity contribution in [3.05, 3.63) is 0 Å². The summed E-state index contributed by atoms with van der Waals surface area (Å²) >= 11 is 0. The second kappa shape index (κ2) is 5.84. The van der Waals surface area contributed by atoms with Crippen LogP contribution in [0.1, 0.15) is 33.1 Å². The van der Waals surface area contributed by atoms with Crippen LogP contribution in [0.4, 0.5) is 0 Å². The molecule has 1 aliphatic heterocycles. The van der Waals surface area contributed by atoms with Crippen molar-refractivity contribution >= 4 is 11.8 Å². The summed E-state index contributed by atoms with van der Waals surface area (Å²) in [5, 5.41) is 2.78. The van der Waals surface area contributed by atoms with Crippen molar-refractivity contribution in [3.8, 4) is 0 Å². The Kier molecular flexibility index (Phi) is 4.73. The zero-order chi connectivity index (χ0) is 12.1. The summed E-state index contributed by atoms with van der Waals surface area (Å²) in [5.41, 5.74) is 5.61. The molecule has 0 aromatic heterocycles. The Bertz CT molecular complexity index is 266. The van der Waals surface area contributed by atoms with E-state index in [0.717, 1.165) is 0 Å². The van der Waals surface area contributed by atoms with Gasteiger partial charge in [-0.05, 0) is 19.8 Å². The Morgan fingerprint density at radius 2 is 2.38 bits per heavy atom. The molecule has 5 nitrogen and oxygen atoms in total. The normalized spacial score (nSPS) is 22.8. The van der Waals surface area contributed by atoms with Gasteiger partial charge in [0.1, 0.15) is 6.04 Å². The molecule has 2 atom stereocenters. The first kappa shape index (κ1) is 13.0. The average molecular weight is 227 g/mol. The highest BCUT2D eigenvalue weighted by Crippen LogP contribution is 2.11. The first-order valence-corrected chi connectivity index (χ1v) is 5.89. The highest BCUT2D eigenvalue weighted by Gasteiger charge is 2.30. The molecule has 16 heavy (non-hydrogen) atoms. The van der Waals surface area contributed by atoms with Gasteiger partial charge in [0.25, 0.3) is 0 Å². The summed E-state index contributed by atoms with van der Waals surface area (Å²) < 4.78 is 0. The van der Waals surface area contributed by atoms with Crippen LogP contribution in [0.3, 0.4) is 0 Å². The Morgan fingerprint density at radius 3 is 2.94 bits per heavy atom. The molecule has 0 aromatic carbocycles. The van der Waals surface area contributed by atoms with E-state index in [9.17, 15) is 9.59 Å². The van der Waals surface area contributed by atoms with E-state index in [1.807, 2.05) is 13.8 Å². The molecule has 0 radical (unpaired) electrons. The Balaban J connectivity index is 2.55. The third-order valence-corrected chi connectivity index (χ3v) is 2.85. The van der Waals surface area contributed by atoms with Crippen molar-refractivity contribution in [2.45, 2.75) is 45.2 Å². The number of carbonyl (C=O) groups is 2. The van der Waals surface area contributed by atoms with E-state index in [1.54, 1.807) is 4.90 Å². The van der Waals surface area contributed by atoms with Crippen molar-refractivity contribution in [3.63, 3.8) is 0 Å². The van der Waals surface area contributed by atoms with Crippen molar-refractivity contribution in [2.75, 3.05) is 13.1 Å². The number of rotatable bonds is 4. The van der Waals surface area contributed by atoms with E-state index < -0.39 is 0 Å². The summed E-state index contributed by atoms with van der Waals surface area (Å²) in [6.45, 7) is 4.97. The molecule has 0 aliphatic carbocycles. The van der Waals surface area contributed by atoms with Crippen LogP contribution >= 0.6 is 0 Å².